The Kier molecular flexibility index (Phi) is 22.8. The van der Waals surface area contributed by atoms with Gasteiger partial charge in [0, 0.05) is 34.6 Å². The number of hydrogen-bond donors (Lipinski definition) is 2. The maximum Gasteiger partial charge on any atom is 0.303 e. The SMILES string of the molecule is CCCCCCCCCCCCCCCCCC(=O)O.CN(C)C(=N)N(C)C. The van der Waals surface area contributed by atoms with E-state index >= 15 is 0 Å². The number of unbranched alkanes of at least 4 members (excludes halogenated alkanes) is 14. The minimum absolute atomic E-state index is 0.345. The lowest BCUT2D eigenvalue weighted by Gasteiger charge is -2.19. The highest BCUT2D eigenvalue weighted by Crippen LogP contribution is 2.13. The van der Waals surface area contributed by atoms with E-state index in [9.17, 15) is 4.79 Å². The van der Waals surface area contributed by atoms with Gasteiger partial charge in [0.15, 0.2) is 5.96 Å². The number of rotatable bonds is 16. The number of aliphatic carboxylic acids is 1. The molecule has 0 rings (SSSR count). The van der Waals surface area contributed by atoms with Crippen LogP contribution in [-0.2, 0) is 4.79 Å². The minimum Gasteiger partial charge on any atom is -0.481 e. The van der Waals surface area contributed by atoms with Gasteiger partial charge < -0.3 is 14.9 Å². The monoisotopic (exact) mass is 399 g/mol. The number of hydrogen-bond acceptors (Lipinski definition) is 2. The number of carbonyl (C=O) groups is 1. The second-order valence-corrected chi connectivity index (χ2v) is 8.21. The second kappa shape index (κ2) is 22.0. The highest BCUT2D eigenvalue weighted by Gasteiger charge is 1.98. The summed E-state index contributed by atoms with van der Waals surface area (Å²) < 4.78 is 0. The van der Waals surface area contributed by atoms with Crippen LogP contribution in [0.5, 0.6) is 0 Å². The smallest absolute Gasteiger partial charge is 0.303 e. The fraction of sp³-hybridized carbons (Fsp3) is 0.913. The van der Waals surface area contributed by atoms with Crippen molar-refractivity contribution in [3.05, 3.63) is 0 Å². The van der Waals surface area contributed by atoms with Crippen molar-refractivity contribution in [1.29, 1.82) is 5.41 Å². The molecule has 0 amide bonds. The summed E-state index contributed by atoms with van der Waals surface area (Å²) in [7, 11) is 7.40. The van der Waals surface area contributed by atoms with Gasteiger partial charge in [-0.1, -0.05) is 96.8 Å². The summed E-state index contributed by atoms with van der Waals surface area (Å²) in [6, 6.07) is 0. The quantitative estimate of drug-likeness (QED) is 0.179. The standard InChI is InChI=1S/C18H36O2.C5H13N3/c1-2-3-4-5-6-7-8-9-10-11-12-13-14-15-16-17-18(19)20;1-7(2)5(6)8(3)4/h2-17H2,1H3,(H,19,20);6H,1-4H3. The van der Waals surface area contributed by atoms with Crippen LogP contribution in [0.4, 0.5) is 0 Å². The van der Waals surface area contributed by atoms with Crippen LogP contribution in [0.25, 0.3) is 0 Å². The molecule has 0 aliphatic carbocycles. The van der Waals surface area contributed by atoms with E-state index in [-0.39, 0.29) is 0 Å². The van der Waals surface area contributed by atoms with E-state index in [2.05, 4.69) is 6.92 Å². The molecule has 0 spiro atoms. The first-order valence-corrected chi connectivity index (χ1v) is 11.5. The van der Waals surface area contributed by atoms with Crippen molar-refractivity contribution in [1.82, 2.24) is 9.80 Å². The van der Waals surface area contributed by atoms with Crippen molar-refractivity contribution in [2.75, 3.05) is 28.2 Å². The zero-order chi connectivity index (χ0) is 21.6. The second-order valence-electron chi connectivity index (χ2n) is 8.21. The molecule has 0 saturated carbocycles. The zero-order valence-corrected chi connectivity index (χ0v) is 19.6. The highest BCUT2D eigenvalue weighted by atomic mass is 16.4. The molecule has 0 heterocycles. The first-order chi connectivity index (χ1) is 13.3. The van der Waals surface area contributed by atoms with Gasteiger partial charge in [-0.15, -0.1) is 0 Å². The largest absolute Gasteiger partial charge is 0.481 e. The molecule has 28 heavy (non-hydrogen) atoms. The Morgan fingerprint density at radius 2 is 0.929 bits per heavy atom. The molecule has 0 fully saturated rings. The lowest BCUT2D eigenvalue weighted by atomic mass is 10.0. The Labute approximate surface area is 175 Å². The van der Waals surface area contributed by atoms with Gasteiger partial charge in [0.1, 0.15) is 0 Å². The van der Waals surface area contributed by atoms with Crippen molar-refractivity contribution < 1.29 is 9.90 Å². The van der Waals surface area contributed by atoms with Gasteiger partial charge in [-0.05, 0) is 6.42 Å². The predicted octanol–water partition coefficient (Wildman–Crippen LogP) is 6.38. The fourth-order valence-corrected chi connectivity index (χ4v) is 3.05. The number of carboxylic acids is 1. The number of nitrogens with one attached hydrogen (secondary N) is 1. The van der Waals surface area contributed by atoms with Crippen molar-refractivity contribution in [3.63, 3.8) is 0 Å². The lowest BCUT2D eigenvalue weighted by Crippen LogP contribution is -2.34. The molecule has 0 atom stereocenters. The summed E-state index contributed by atoms with van der Waals surface area (Å²) in [6.07, 6.45) is 20.2. The fourth-order valence-electron chi connectivity index (χ4n) is 3.05. The molecule has 2 N–H and O–H groups in total. The summed E-state index contributed by atoms with van der Waals surface area (Å²) in [5.41, 5.74) is 0. The molecule has 5 heteroatoms. The summed E-state index contributed by atoms with van der Waals surface area (Å²) >= 11 is 0. The summed E-state index contributed by atoms with van der Waals surface area (Å²) in [4.78, 5) is 13.8. The molecular formula is C23H49N3O2. The average Bonchev–Trinajstić information content (AvgIpc) is 2.64. The normalized spacial score (nSPS) is 10.2. The topological polar surface area (TPSA) is 67.6 Å². The van der Waals surface area contributed by atoms with E-state index in [0.29, 0.717) is 12.4 Å². The Balaban J connectivity index is 0. The predicted molar refractivity (Wildman–Crippen MR) is 122 cm³/mol. The third kappa shape index (κ3) is 24.7. The molecule has 0 saturated heterocycles. The zero-order valence-electron chi connectivity index (χ0n) is 19.6. The molecule has 0 bridgehead atoms. The molecule has 5 nitrogen and oxygen atoms in total. The maximum atomic E-state index is 10.3. The van der Waals surface area contributed by atoms with Crippen LogP contribution in [0.15, 0.2) is 0 Å². The Bertz CT molecular complexity index is 348. The van der Waals surface area contributed by atoms with Crippen LogP contribution >= 0.6 is 0 Å². The van der Waals surface area contributed by atoms with Crippen LogP contribution in [0, 0.1) is 5.41 Å². The Hall–Kier alpha value is -1.26. The Morgan fingerprint density at radius 1 is 0.643 bits per heavy atom. The molecule has 0 aromatic heterocycles. The van der Waals surface area contributed by atoms with E-state index in [1.807, 2.05) is 28.2 Å². The molecule has 0 aliphatic rings. The van der Waals surface area contributed by atoms with Crippen LogP contribution in [0.1, 0.15) is 110 Å². The number of guanidine groups is 1. The van der Waals surface area contributed by atoms with Gasteiger partial charge in [-0.2, -0.15) is 0 Å². The first kappa shape index (κ1) is 28.9. The minimum atomic E-state index is -0.653. The van der Waals surface area contributed by atoms with Crippen LogP contribution in [0.2, 0.25) is 0 Å². The molecule has 0 aromatic rings. The summed E-state index contributed by atoms with van der Waals surface area (Å²) in [6.45, 7) is 2.27. The highest BCUT2D eigenvalue weighted by molar-refractivity contribution is 5.75. The van der Waals surface area contributed by atoms with Gasteiger partial charge >= 0.3 is 5.97 Å². The Morgan fingerprint density at radius 3 is 1.14 bits per heavy atom. The van der Waals surface area contributed by atoms with Gasteiger partial charge in [-0.25, -0.2) is 0 Å². The van der Waals surface area contributed by atoms with Crippen molar-refractivity contribution in [2.45, 2.75) is 110 Å². The molecule has 0 radical (unpaired) electrons. The van der Waals surface area contributed by atoms with E-state index in [4.69, 9.17) is 10.5 Å². The maximum absolute atomic E-state index is 10.3. The van der Waals surface area contributed by atoms with Gasteiger partial charge in [0.2, 0.25) is 0 Å². The first-order valence-electron chi connectivity index (χ1n) is 11.5. The van der Waals surface area contributed by atoms with E-state index in [1.165, 1.54) is 83.5 Å². The number of carboxylic acid groups (broad SMARTS) is 1. The van der Waals surface area contributed by atoms with Crippen LogP contribution in [-0.4, -0.2) is 55.0 Å². The summed E-state index contributed by atoms with van der Waals surface area (Å²) in [5.74, 6) is -0.135. The van der Waals surface area contributed by atoms with Crippen molar-refractivity contribution in [3.8, 4) is 0 Å². The molecular weight excluding hydrogens is 350 g/mol. The van der Waals surface area contributed by atoms with Crippen molar-refractivity contribution >= 4 is 11.9 Å². The lowest BCUT2D eigenvalue weighted by molar-refractivity contribution is -0.137. The molecule has 0 unspecified atom stereocenters. The van der Waals surface area contributed by atoms with Gasteiger partial charge in [-0.3, -0.25) is 10.2 Å². The summed E-state index contributed by atoms with van der Waals surface area (Å²) in [5, 5.41) is 15.8. The average molecular weight is 400 g/mol. The van der Waals surface area contributed by atoms with Gasteiger partial charge in [0.25, 0.3) is 0 Å². The van der Waals surface area contributed by atoms with Crippen LogP contribution in [0.3, 0.4) is 0 Å². The van der Waals surface area contributed by atoms with Crippen LogP contribution < -0.4 is 0 Å². The van der Waals surface area contributed by atoms with E-state index in [0.717, 1.165) is 12.8 Å². The third-order valence-corrected chi connectivity index (χ3v) is 4.84. The molecule has 168 valence electrons. The van der Waals surface area contributed by atoms with E-state index < -0.39 is 5.97 Å². The third-order valence-electron chi connectivity index (χ3n) is 4.84. The van der Waals surface area contributed by atoms with Gasteiger partial charge in [0.05, 0.1) is 0 Å². The van der Waals surface area contributed by atoms with Crippen molar-refractivity contribution in [2.24, 2.45) is 0 Å². The molecule has 0 aromatic carbocycles. The molecule has 0 aliphatic heterocycles. The number of nitrogens with zero attached hydrogens (tertiary/aromatic N) is 2. The van der Waals surface area contributed by atoms with E-state index in [1.54, 1.807) is 9.80 Å².